The first-order chi connectivity index (χ1) is 16.8. The van der Waals surface area contributed by atoms with E-state index in [2.05, 4.69) is 39.0 Å². The van der Waals surface area contributed by atoms with E-state index in [1.54, 1.807) is 0 Å². The van der Waals surface area contributed by atoms with Crippen LogP contribution in [0, 0.1) is 22.7 Å². The predicted octanol–water partition coefficient (Wildman–Crippen LogP) is 7.42. The summed E-state index contributed by atoms with van der Waals surface area (Å²) < 4.78 is 1.85. The van der Waals surface area contributed by atoms with Crippen LogP contribution in [0.5, 0.6) is 0 Å². The molecule has 2 aromatic carbocycles. The Kier molecular flexibility index (Phi) is 6.19. The molecule has 0 aliphatic heterocycles. The number of carbonyl (C=O) groups excluding carboxylic acids is 1. The highest BCUT2D eigenvalue weighted by Gasteiger charge is 2.31. The number of carbonyl (C=O) groups is 1. The van der Waals surface area contributed by atoms with E-state index in [1.165, 1.54) is 17.3 Å². The van der Waals surface area contributed by atoms with Gasteiger partial charge >= 0.3 is 0 Å². The number of thioether (sulfide) groups is 1. The summed E-state index contributed by atoms with van der Waals surface area (Å²) in [5.74, 6) is 0.619. The van der Waals surface area contributed by atoms with Gasteiger partial charge in [-0.3, -0.25) is 9.36 Å². The lowest BCUT2D eigenvalue weighted by molar-refractivity contribution is 0.0919. The van der Waals surface area contributed by atoms with Crippen molar-refractivity contribution in [1.82, 2.24) is 9.55 Å². The highest BCUT2D eigenvalue weighted by Crippen LogP contribution is 2.39. The van der Waals surface area contributed by atoms with Crippen molar-refractivity contribution in [1.29, 1.82) is 5.26 Å². The zero-order chi connectivity index (χ0) is 24.7. The molecule has 4 nitrogen and oxygen atoms in total. The fourth-order valence-electron chi connectivity index (χ4n) is 5.30. The van der Waals surface area contributed by atoms with Crippen LogP contribution < -0.4 is 0 Å². The van der Waals surface area contributed by atoms with E-state index < -0.39 is 0 Å². The number of nitrogens with zero attached hydrogens (tertiary/aromatic N) is 3. The molecule has 2 aromatic heterocycles. The Bertz CT molecular complexity index is 1420. The molecule has 0 fully saturated rings. The van der Waals surface area contributed by atoms with Gasteiger partial charge in [0.15, 0.2) is 0 Å². The molecule has 0 radical (unpaired) electrons. The van der Waals surface area contributed by atoms with Crippen LogP contribution in [-0.4, -0.2) is 20.7 Å². The summed E-state index contributed by atoms with van der Waals surface area (Å²) in [5.41, 5.74) is 4.94. The minimum Gasteiger partial charge on any atom is -0.279 e. The van der Waals surface area contributed by atoms with Crippen LogP contribution in [0.4, 0.5) is 0 Å². The molecule has 0 bridgehead atoms. The van der Waals surface area contributed by atoms with Crippen molar-refractivity contribution in [3.8, 4) is 6.07 Å². The Morgan fingerprint density at radius 1 is 1.14 bits per heavy atom. The highest BCUT2D eigenvalue weighted by molar-refractivity contribution is 8.00. The largest absolute Gasteiger partial charge is 0.279 e. The van der Waals surface area contributed by atoms with Crippen LogP contribution in [0.25, 0.3) is 21.8 Å². The third-order valence-corrected chi connectivity index (χ3v) is 8.75. The van der Waals surface area contributed by atoms with Crippen LogP contribution in [-0.2, 0) is 12.8 Å². The standard InChI is InChI=1S/C30H31N3OS/c1-5-27(29(34)33-25-12-8-6-10-22(25)23-11-7-9-13-26(23)33)35-28-20(18-31)16-19-17-21(30(2,3)4)14-15-24(19)32-28/h6-13,16,21,27H,5,14-15,17H2,1-4H3. The van der Waals surface area contributed by atoms with Crippen LogP contribution in [0.2, 0.25) is 0 Å². The number of fused-ring (bicyclic) bond motifs is 4. The molecule has 2 atom stereocenters. The fourth-order valence-corrected chi connectivity index (χ4v) is 6.34. The third kappa shape index (κ3) is 4.25. The molecule has 5 rings (SSSR count). The Morgan fingerprint density at radius 3 is 2.34 bits per heavy atom. The fraction of sp³-hybridized carbons (Fsp3) is 0.367. The van der Waals surface area contributed by atoms with Crippen LogP contribution in [0.1, 0.15) is 62.2 Å². The normalized spacial score (nSPS) is 16.7. The molecule has 1 aliphatic carbocycles. The van der Waals surface area contributed by atoms with Crippen molar-refractivity contribution in [3.63, 3.8) is 0 Å². The maximum Gasteiger partial charge on any atom is 0.245 e. The van der Waals surface area contributed by atoms with E-state index in [0.717, 1.165) is 46.8 Å². The lowest BCUT2D eigenvalue weighted by atomic mass is 9.71. The maximum absolute atomic E-state index is 13.9. The monoisotopic (exact) mass is 481 g/mol. The van der Waals surface area contributed by atoms with Crippen molar-refractivity contribution in [2.75, 3.05) is 0 Å². The van der Waals surface area contributed by atoms with Gasteiger partial charge in [-0.2, -0.15) is 5.26 Å². The van der Waals surface area contributed by atoms with Gasteiger partial charge in [0.05, 0.1) is 21.8 Å². The van der Waals surface area contributed by atoms with Crippen molar-refractivity contribution in [3.05, 3.63) is 71.4 Å². The van der Waals surface area contributed by atoms with Gasteiger partial charge < -0.3 is 0 Å². The molecule has 0 spiro atoms. The lowest BCUT2D eigenvalue weighted by Gasteiger charge is -2.34. The van der Waals surface area contributed by atoms with E-state index >= 15 is 0 Å². The van der Waals surface area contributed by atoms with Crippen molar-refractivity contribution in [2.24, 2.45) is 11.3 Å². The minimum atomic E-state index is -0.335. The van der Waals surface area contributed by atoms with Crippen molar-refractivity contribution < 1.29 is 4.79 Å². The molecule has 4 aromatic rings. The number of aryl methyl sites for hydroxylation is 1. The number of benzene rings is 2. The molecule has 35 heavy (non-hydrogen) atoms. The van der Waals surface area contributed by atoms with E-state index in [-0.39, 0.29) is 16.6 Å². The molecule has 5 heteroatoms. The van der Waals surface area contributed by atoms with Gasteiger partial charge in [-0.05, 0) is 60.8 Å². The number of pyridine rings is 1. The van der Waals surface area contributed by atoms with Gasteiger partial charge in [-0.25, -0.2) is 4.98 Å². The number of aromatic nitrogens is 2. The molecule has 1 aliphatic rings. The molecule has 0 amide bonds. The number of nitriles is 1. The summed E-state index contributed by atoms with van der Waals surface area (Å²) in [7, 11) is 0. The first kappa shape index (κ1) is 23.6. The SMILES string of the molecule is CCC(Sc1nc2c(cc1C#N)CC(C(C)(C)C)CC2)C(=O)n1c2ccccc2c2ccccc21. The minimum absolute atomic E-state index is 0.0334. The Hall–Kier alpha value is -3.10. The summed E-state index contributed by atoms with van der Waals surface area (Å²) in [6.07, 6.45) is 3.65. The van der Waals surface area contributed by atoms with E-state index in [1.807, 2.05) is 54.0 Å². The average Bonchev–Trinajstić information content (AvgIpc) is 3.20. The van der Waals surface area contributed by atoms with Gasteiger partial charge in [0.1, 0.15) is 11.1 Å². The first-order valence-corrected chi connectivity index (χ1v) is 13.3. The summed E-state index contributed by atoms with van der Waals surface area (Å²) in [6, 6.07) is 20.5. The average molecular weight is 482 g/mol. The Morgan fingerprint density at radius 2 is 1.77 bits per heavy atom. The maximum atomic E-state index is 13.9. The number of para-hydroxylation sites is 2. The first-order valence-electron chi connectivity index (χ1n) is 12.4. The van der Waals surface area contributed by atoms with Crippen LogP contribution in [0.3, 0.4) is 0 Å². The van der Waals surface area contributed by atoms with E-state index in [4.69, 9.17) is 4.98 Å². The van der Waals surface area contributed by atoms with Gasteiger partial charge in [-0.15, -0.1) is 0 Å². The molecule has 2 heterocycles. The van der Waals surface area contributed by atoms with Crippen LogP contribution in [0.15, 0.2) is 59.6 Å². The second kappa shape index (κ2) is 9.17. The summed E-state index contributed by atoms with van der Waals surface area (Å²) in [5, 5.41) is 12.4. The zero-order valence-electron chi connectivity index (χ0n) is 20.8. The van der Waals surface area contributed by atoms with Gasteiger partial charge in [0, 0.05) is 16.5 Å². The van der Waals surface area contributed by atoms with Gasteiger partial charge in [0.2, 0.25) is 5.91 Å². The van der Waals surface area contributed by atoms with Crippen molar-refractivity contribution >= 4 is 39.5 Å². The molecule has 0 saturated carbocycles. The predicted molar refractivity (Wildman–Crippen MR) is 144 cm³/mol. The number of rotatable bonds is 4. The second-order valence-corrected chi connectivity index (χ2v) is 11.8. The zero-order valence-corrected chi connectivity index (χ0v) is 21.7. The third-order valence-electron chi connectivity index (χ3n) is 7.40. The highest BCUT2D eigenvalue weighted by atomic mass is 32.2. The molecule has 178 valence electrons. The molecule has 2 unspecified atom stereocenters. The molecule has 0 saturated heterocycles. The summed E-state index contributed by atoms with van der Waals surface area (Å²) >= 11 is 1.44. The van der Waals surface area contributed by atoms with Crippen molar-refractivity contribution in [2.45, 2.75) is 63.7 Å². The number of hydrogen-bond acceptors (Lipinski definition) is 4. The van der Waals surface area contributed by atoms with Gasteiger partial charge in [-0.1, -0.05) is 75.9 Å². The Labute approximate surface area is 211 Å². The summed E-state index contributed by atoms with van der Waals surface area (Å²) in [4.78, 5) is 18.9. The number of hydrogen-bond donors (Lipinski definition) is 0. The van der Waals surface area contributed by atoms with E-state index in [0.29, 0.717) is 22.9 Å². The van der Waals surface area contributed by atoms with Crippen LogP contribution >= 0.6 is 11.8 Å². The smallest absolute Gasteiger partial charge is 0.245 e. The lowest BCUT2D eigenvalue weighted by Crippen LogP contribution is -2.28. The quantitative estimate of drug-likeness (QED) is 0.285. The molecule has 0 N–H and O–H groups in total. The summed E-state index contributed by atoms with van der Waals surface area (Å²) in [6.45, 7) is 8.90. The van der Waals surface area contributed by atoms with Gasteiger partial charge in [0.25, 0.3) is 0 Å². The van der Waals surface area contributed by atoms with E-state index in [9.17, 15) is 10.1 Å². The molecular weight excluding hydrogens is 450 g/mol. The topological polar surface area (TPSA) is 58.7 Å². The Balaban J connectivity index is 1.51. The second-order valence-electron chi connectivity index (χ2n) is 10.6. The molecular formula is C30H31N3OS.